The van der Waals surface area contributed by atoms with Crippen molar-refractivity contribution in [3.8, 4) is 0 Å². The molecule has 0 bridgehead atoms. The number of esters is 1. The predicted molar refractivity (Wildman–Crippen MR) is 80.2 cm³/mol. The molecule has 0 spiro atoms. The number of halogens is 1. The van der Waals surface area contributed by atoms with Gasteiger partial charge in [-0.3, -0.25) is 14.5 Å². The van der Waals surface area contributed by atoms with Crippen molar-refractivity contribution in [1.29, 1.82) is 0 Å². The zero-order chi connectivity index (χ0) is 17.0. The molecule has 1 aliphatic heterocycles. The minimum Gasteiger partial charge on any atom is -0.468 e. The molecule has 1 atom stereocenters. The highest BCUT2D eigenvalue weighted by molar-refractivity contribution is 6.21. The van der Waals surface area contributed by atoms with Crippen LogP contribution in [0.2, 0.25) is 0 Å². The van der Waals surface area contributed by atoms with Gasteiger partial charge in [0, 0.05) is 6.54 Å². The van der Waals surface area contributed by atoms with Gasteiger partial charge in [0.1, 0.15) is 5.83 Å². The van der Waals surface area contributed by atoms with E-state index < -0.39 is 17.8 Å². The predicted octanol–water partition coefficient (Wildman–Crippen LogP) is 1.42. The number of allylic oxidation sites excluding steroid dienone is 1. The number of hydrogen-bond acceptors (Lipinski definition) is 5. The van der Waals surface area contributed by atoms with Gasteiger partial charge in [-0.25, -0.2) is 9.18 Å². The summed E-state index contributed by atoms with van der Waals surface area (Å²) < 4.78 is 17.9. The first-order chi connectivity index (χ1) is 11.0. The van der Waals surface area contributed by atoms with Gasteiger partial charge < -0.3 is 10.5 Å². The molecule has 7 heteroatoms. The lowest BCUT2D eigenvalue weighted by molar-refractivity contribution is -0.141. The molecule has 2 N–H and O–H groups in total. The fraction of sp³-hybridized carbons (Fsp3) is 0.312. The van der Waals surface area contributed by atoms with Crippen LogP contribution in [0.1, 0.15) is 33.6 Å². The summed E-state index contributed by atoms with van der Waals surface area (Å²) in [7, 11) is 1.12. The van der Waals surface area contributed by atoms with E-state index in [2.05, 4.69) is 4.74 Å². The lowest BCUT2D eigenvalue weighted by Gasteiger charge is -2.13. The number of carbonyl (C=O) groups is 3. The molecule has 0 radical (unpaired) electrons. The molecule has 6 nitrogen and oxygen atoms in total. The highest BCUT2D eigenvalue weighted by Gasteiger charge is 2.34. The Labute approximate surface area is 132 Å². The number of methoxy groups -OCH3 is 1. The molecule has 2 amide bonds. The normalized spacial score (nSPS) is 15.6. The molecule has 0 saturated carbocycles. The van der Waals surface area contributed by atoms with Crippen molar-refractivity contribution in [2.75, 3.05) is 13.7 Å². The van der Waals surface area contributed by atoms with Gasteiger partial charge in [0.2, 0.25) is 0 Å². The Balaban J connectivity index is 1.90. The van der Waals surface area contributed by atoms with E-state index in [1.165, 1.54) is 6.08 Å². The van der Waals surface area contributed by atoms with Crippen molar-refractivity contribution in [3.63, 3.8) is 0 Å². The first kappa shape index (κ1) is 16.8. The van der Waals surface area contributed by atoms with Crippen LogP contribution in [0.3, 0.4) is 0 Å². The van der Waals surface area contributed by atoms with Crippen LogP contribution in [-0.4, -0.2) is 42.4 Å². The van der Waals surface area contributed by atoms with Crippen molar-refractivity contribution in [2.24, 2.45) is 5.73 Å². The number of imide groups is 1. The van der Waals surface area contributed by atoms with Crippen LogP contribution in [0, 0.1) is 0 Å². The van der Waals surface area contributed by atoms with Crippen LogP contribution < -0.4 is 5.73 Å². The summed E-state index contributed by atoms with van der Waals surface area (Å²) in [6.45, 7) is 0.170. The second-order valence-corrected chi connectivity index (χ2v) is 5.04. The van der Waals surface area contributed by atoms with E-state index in [4.69, 9.17) is 5.73 Å². The van der Waals surface area contributed by atoms with Crippen molar-refractivity contribution in [1.82, 2.24) is 4.90 Å². The highest BCUT2D eigenvalue weighted by atomic mass is 19.1. The largest absolute Gasteiger partial charge is 0.468 e. The van der Waals surface area contributed by atoms with E-state index in [9.17, 15) is 18.8 Å². The minimum absolute atomic E-state index is 0.170. The molecular formula is C16H17FN2O4. The number of unbranched alkanes of at least 4 members (excludes halogenated alkanes) is 1. The lowest BCUT2D eigenvalue weighted by Crippen LogP contribution is -2.32. The zero-order valence-corrected chi connectivity index (χ0v) is 12.6. The summed E-state index contributed by atoms with van der Waals surface area (Å²) in [5.74, 6) is -2.35. The maximum Gasteiger partial charge on any atom is 0.329 e. The van der Waals surface area contributed by atoms with Gasteiger partial charge in [-0.1, -0.05) is 18.2 Å². The summed E-state index contributed by atoms with van der Waals surface area (Å²) in [5, 5.41) is 0. The molecular weight excluding hydrogens is 303 g/mol. The number of nitrogens with two attached hydrogens (primary N) is 1. The summed E-state index contributed by atoms with van der Waals surface area (Å²) in [4.78, 5) is 36.4. The first-order valence-electron chi connectivity index (χ1n) is 7.11. The molecule has 1 unspecified atom stereocenters. The van der Waals surface area contributed by atoms with E-state index in [0.717, 1.165) is 12.0 Å². The number of carbonyl (C=O) groups excluding carboxylic acids is 3. The smallest absolute Gasteiger partial charge is 0.329 e. The Bertz CT molecular complexity index is 637. The molecule has 122 valence electrons. The second kappa shape index (κ2) is 7.15. The third kappa shape index (κ3) is 3.45. The average molecular weight is 320 g/mol. The maximum absolute atomic E-state index is 13.6. The Morgan fingerprint density at radius 1 is 1.30 bits per heavy atom. The lowest BCUT2D eigenvalue weighted by atomic mass is 10.1. The molecule has 0 aromatic heterocycles. The van der Waals surface area contributed by atoms with Crippen molar-refractivity contribution >= 4 is 17.8 Å². The minimum atomic E-state index is -1.45. The third-order valence-electron chi connectivity index (χ3n) is 3.56. The van der Waals surface area contributed by atoms with Crippen LogP contribution in [0.4, 0.5) is 4.39 Å². The monoisotopic (exact) mass is 320 g/mol. The molecule has 2 rings (SSSR count). The number of ether oxygens (including phenoxy) is 1. The van der Waals surface area contributed by atoms with Gasteiger partial charge in [-0.2, -0.15) is 0 Å². The molecule has 1 aliphatic rings. The molecule has 1 aromatic rings. The molecule has 23 heavy (non-hydrogen) atoms. The summed E-state index contributed by atoms with van der Waals surface area (Å²) in [6, 6.07) is 5.15. The number of fused-ring (bicyclic) bond motifs is 1. The van der Waals surface area contributed by atoms with Crippen LogP contribution in [0.5, 0.6) is 0 Å². The molecule has 0 fully saturated rings. The van der Waals surface area contributed by atoms with E-state index in [-0.39, 0.29) is 24.8 Å². The second-order valence-electron chi connectivity index (χ2n) is 5.04. The highest BCUT2D eigenvalue weighted by Crippen LogP contribution is 2.22. The Morgan fingerprint density at radius 3 is 2.39 bits per heavy atom. The third-order valence-corrected chi connectivity index (χ3v) is 3.56. The number of nitrogens with zero attached hydrogens (tertiary/aromatic N) is 1. The number of rotatable bonds is 6. The number of hydrogen-bond donors (Lipinski definition) is 1. The van der Waals surface area contributed by atoms with Gasteiger partial charge >= 0.3 is 5.97 Å². The quantitative estimate of drug-likeness (QED) is 0.486. The Morgan fingerprint density at radius 2 is 1.87 bits per heavy atom. The standard InChI is InChI=1S/C16H17FN2O4/c1-23-16(22)13(18)12(17)8-4-5-9-19-14(20)10-6-2-3-7-11(10)15(19)21/h2-3,6-8,13H,4-5,9,18H2,1H3/b12-8-. The van der Waals surface area contributed by atoms with E-state index in [1.807, 2.05) is 0 Å². The Kier molecular flexibility index (Phi) is 5.23. The zero-order valence-electron chi connectivity index (χ0n) is 12.6. The van der Waals surface area contributed by atoms with Gasteiger partial charge in [-0.05, 0) is 25.0 Å². The SMILES string of the molecule is COC(=O)C(N)/C(F)=C/CCCN1C(=O)c2ccccc2C1=O. The summed E-state index contributed by atoms with van der Waals surface area (Å²) in [6.07, 6.45) is 1.77. The molecule has 0 saturated heterocycles. The van der Waals surface area contributed by atoms with Crippen molar-refractivity contribution < 1.29 is 23.5 Å². The molecule has 1 heterocycles. The van der Waals surface area contributed by atoms with E-state index in [1.54, 1.807) is 24.3 Å². The maximum atomic E-state index is 13.6. The first-order valence-corrected chi connectivity index (χ1v) is 7.11. The van der Waals surface area contributed by atoms with Crippen molar-refractivity contribution in [2.45, 2.75) is 18.9 Å². The topological polar surface area (TPSA) is 89.7 Å². The fourth-order valence-corrected chi connectivity index (χ4v) is 2.30. The Hall–Kier alpha value is -2.54. The summed E-state index contributed by atoms with van der Waals surface area (Å²) >= 11 is 0. The van der Waals surface area contributed by atoms with E-state index in [0.29, 0.717) is 17.5 Å². The van der Waals surface area contributed by atoms with Gasteiger partial charge in [0.25, 0.3) is 11.8 Å². The number of benzene rings is 1. The van der Waals surface area contributed by atoms with Crippen molar-refractivity contribution in [3.05, 3.63) is 47.3 Å². The van der Waals surface area contributed by atoms with Crippen LogP contribution in [0.25, 0.3) is 0 Å². The average Bonchev–Trinajstić information content (AvgIpc) is 2.82. The van der Waals surface area contributed by atoms with E-state index >= 15 is 0 Å². The van der Waals surface area contributed by atoms with Gasteiger partial charge in [0.15, 0.2) is 6.04 Å². The molecule has 1 aromatic carbocycles. The number of amides is 2. The van der Waals surface area contributed by atoms with Gasteiger partial charge in [0.05, 0.1) is 18.2 Å². The summed E-state index contributed by atoms with van der Waals surface area (Å²) in [5.41, 5.74) is 6.10. The molecule has 0 aliphatic carbocycles. The fourth-order valence-electron chi connectivity index (χ4n) is 2.30. The van der Waals surface area contributed by atoms with Gasteiger partial charge in [-0.15, -0.1) is 0 Å². The van der Waals surface area contributed by atoms with Crippen LogP contribution >= 0.6 is 0 Å². The van der Waals surface area contributed by atoms with Crippen LogP contribution in [0.15, 0.2) is 36.2 Å². The van der Waals surface area contributed by atoms with Crippen LogP contribution in [-0.2, 0) is 9.53 Å².